The number of alkyl halides is 3. The van der Waals surface area contributed by atoms with E-state index in [1.165, 1.54) is 12.1 Å². The number of piperazine rings is 1. The van der Waals surface area contributed by atoms with Gasteiger partial charge < -0.3 is 15.1 Å². The summed E-state index contributed by atoms with van der Waals surface area (Å²) in [6.45, 7) is 3.19. The number of carbonyl (C=O) groups is 1. The molecule has 1 N–H and O–H groups in total. The van der Waals surface area contributed by atoms with Crippen LogP contribution in [0.5, 0.6) is 0 Å². The third-order valence-electron chi connectivity index (χ3n) is 4.54. The molecule has 1 aliphatic rings. The minimum atomic E-state index is -4.41. The van der Waals surface area contributed by atoms with Crippen molar-refractivity contribution in [1.29, 1.82) is 0 Å². The number of hydrogen-bond acceptors (Lipinski definition) is 2. The minimum absolute atomic E-state index is 0.148. The normalized spacial score (nSPS) is 15.0. The Morgan fingerprint density at radius 1 is 1.07 bits per heavy atom. The molecule has 3 rings (SSSR count). The average Bonchev–Trinajstić information content (AvgIpc) is 2.64. The number of para-hydroxylation sites is 1. The molecule has 2 aromatic rings. The van der Waals surface area contributed by atoms with Crippen LogP contribution in [0, 0.1) is 6.92 Å². The molecule has 0 radical (unpaired) electrons. The minimum Gasteiger partial charge on any atom is -0.367 e. The molecule has 144 valence electrons. The predicted molar refractivity (Wildman–Crippen MR) is 100 cm³/mol. The Hall–Kier alpha value is -2.41. The fourth-order valence-corrected chi connectivity index (χ4v) is 3.19. The zero-order chi connectivity index (χ0) is 19.6. The molecule has 1 saturated heterocycles. The number of anilines is 2. The number of benzene rings is 2. The van der Waals surface area contributed by atoms with Crippen molar-refractivity contribution in [3.05, 3.63) is 58.6 Å². The van der Waals surface area contributed by atoms with Crippen molar-refractivity contribution >= 4 is 29.0 Å². The van der Waals surface area contributed by atoms with Crippen LogP contribution in [-0.4, -0.2) is 37.1 Å². The molecular formula is C19H19ClF3N3O. The van der Waals surface area contributed by atoms with Gasteiger partial charge in [0.25, 0.3) is 0 Å². The highest BCUT2D eigenvalue weighted by atomic mass is 35.5. The zero-order valence-corrected chi connectivity index (χ0v) is 15.4. The Morgan fingerprint density at radius 3 is 2.37 bits per heavy atom. The van der Waals surface area contributed by atoms with E-state index >= 15 is 0 Å². The van der Waals surface area contributed by atoms with Crippen LogP contribution in [-0.2, 0) is 6.18 Å². The smallest absolute Gasteiger partial charge is 0.367 e. The van der Waals surface area contributed by atoms with E-state index in [2.05, 4.69) is 5.32 Å². The number of halogens is 4. The van der Waals surface area contributed by atoms with Gasteiger partial charge in [-0.25, -0.2) is 4.79 Å². The second-order valence-corrected chi connectivity index (χ2v) is 6.79. The lowest BCUT2D eigenvalue weighted by atomic mass is 10.1. The number of hydrogen-bond donors (Lipinski definition) is 1. The number of nitrogens with zero attached hydrogens (tertiary/aromatic N) is 2. The van der Waals surface area contributed by atoms with Crippen molar-refractivity contribution in [2.75, 3.05) is 36.4 Å². The molecule has 0 bridgehead atoms. The first-order chi connectivity index (χ1) is 12.8. The summed E-state index contributed by atoms with van der Waals surface area (Å²) < 4.78 is 39.6. The molecular weight excluding hydrogens is 379 g/mol. The fourth-order valence-electron chi connectivity index (χ4n) is 3.01. The van der Waals surface area contributed by atoms with Crippen LogP contribution in [0.4, 0.5) is 29.3 Å². The van der Waals surface area contributed by atoms with Gasteiger partial charge in [0, 0.05) is 42.6 Å². The van der Waals surface area contributed by atoms with Gasteiger partial charge >= 0.3 is 12.2 Å². The molecule has 2 amide bonds. The third kappa shape index (κ3) is 4.47. The Labute approximate surface area is 160 Å². The lowest BCUT2D eigenvalue weighted by Crippen LogP contribution is -2.50. The number of carbonyl (C=O) groups excluding carboxylic acids is 1. The molecule has 8 heteroatoms. The van der Waals surface area contributed by atoms with Crippen molar-refractivity contribution in [2.45, 2.75) is 13.1 Å². The van der Waals surface area contributed by atoms with E-state index < -0.39 is 11.7 Å². The highest BCUT2D eigenvalue weighted by molar-refractivity contribution is 6.31. The molecule has 0 aromatic heterocycles. The molecule has 0 aliphatic carbocycles. The Balaban J connectivity index is 1.64. The summed E-state index contributed by atoms with van der Waals surface area (Å²) in [4.78, 5) is 15.7. The van der Waals surface area contributed by atoms with Crippen molar-refractivity contribution < 1.29 is 18.0 Å². The Morgan fingerprint density at radius 2 is 1.74 bits per heavy atom. The topological polar surface area (TPSA) is 35.6 Å². The van der Waals surface area contributed by atoms with Crippen LogP contribution in [0.2, 0.25) is 5.02 Å². The van der Waals surface area contributed by atoms with Gasteiger partial charge in [0.1, 0.15) is 0 Å². The van der Waals surface area contributed by atoms with Gasteiger partial charge in [0.2, 0.25) is 0 Å². The average molecular weight is 398 g/mol. The van der Waals surface area contributed by atoms with Gasteiger partial charge in [-0.2, -0.15) is 13.2 Å². The standard InChI is InChI=1S/C19H19ClF3N3O/c1-13-6-7-14(12-16(13)20)24-18(27)26-10-8-25(9-11-26)17-5-3-2-4-15(17)19(21,22)23/h2-7,12H,8-11H2,1H3,(H,24,27). The quantitative estimate of drug-likeness (QED) is 0.772. The maximum atomic E-state index is 13.2. The van der Waals surface area contributed by atoms with Crippen LogP contribution < -0.4 is 10.2 Å². The Bertz CT molecular complexity index is 833. The van der Waals surface area contributed by atoms with E-state index in [9.17, 15) is 18.0 Å². The lowest BCUT2D eigenvalue weighted by molar-refractivity contribution is -0.137. The summed E-state index contributed by atoms with van der Waals surface area (Å²) in [6, 6.07) is 10.5. The van der Waals surface area contributed by atoms with E-state index in [4.69, 9.17) is 11.6 Å². The number of nitrogens with one attached hydrogen (secondary N) is 1. The van der Waals surface area contributed by atoms with Gasteiger partial charge in [0.05, 0.1) is 5.56 Å². The van der Waals surface area contributed by atoms with Gasteiger partial charge in [-0.1, -0.05) is 29.8 Å². The summed E-state index contributed by atoms with van der Waals surface area (Å²) in [5.41, 5.74) is 0.986. The lowest BCUT2D eigenvalue weighted by Gasteiger charge is -2.37. The second-order valence-electron chi connectivity index (χ2n) is 6.38. The highest BCUT2D eigenvalue weighted by Gasteiger charge is 2.35. The van der Waals surface area contributed by atoms with Crippen molar-refractivity contribution in [2.24, 2.45) is 0 Å². The van der Waals surface area contributed by atoms with Crippen molar-refractivity contribution in [3.8, 4) is 0 Å². The molecule has 4 nitrogen and oxygen atoms in total. The van der Waals surface area contributed by atoms with Crippen molar-refractivity contribution in [1.82, 2.24) is 4.90 Å². The number of rotatable bonds is 2. The van der Waals surface area contributed by atoms with Crippen LogP contribution >= 0.6 is 11.6 Å². The summed E-state index contributed by atoms with van der Waals surface area (Å²) in [5.74, 6) is 0. The van der Waals surface area contributed by atoms with E-state index in [1.807, 2.05) is 13.0 Å². The number of urea groups is 1. The molecule has 1 aliphatic heterocycles. The van der Waals surface area contributed by atoms with Crippen LogP contribution in [0.3, 0.4) is 0 Å². The largest absolute Gasteiger partial charge is 0.418 e. The van der Waals surface area contributed by atoms with E-state index in [0.29, 0.717) is 36.9 Å². The summed E-state index contributed by atoms with van der Waals surface area (Å²) >= 11 is 6.06. The molecule has 27 heavy (non-hydrogen) atoms. The van der Waals surface area contributed by atoms with Gasteiger partial charge in [-0.05, 0) is 36.8 Å². The van der Waals surface area contributed by atoms with Crippen LogP contribution in [0.15, 0.2) is 42.5 Å². The Kier molecular flexibility index (Phi) is 5.51. The summed E-state index contributed by atoms with van der Waals surface area (Å²) in [7, 11) is 0. The first-order valence-corrected chi connectivity index (χ1v) is 8.87. The third-order valence-corrected chi connectivity index (χ3v) is 4.95. The SMILES string of the molecule is Cc1ccc(NC(=O)N2CCN(c3ccccc3C(F)(F)F)CC2)cc1Cl. The van der Waals surface area contributed by atoms with E-state index in [-0.39, 0.29) is 11.7 Å². The maximum absolute atomic E-state index is 13.2. The molecule has 0 spiro atoms. The molecule has 1 fully saturated rings. The summed E-state index contributed by atoms with van der Waals surface area (Å²) in [5, 5.41) is 3.33. The van der Waals surface area contributed by atoms with E-state index in [1.54, 1.807) is 28.0 Å². The first-order valence-electron chi connectivity index (χ1n) is 8.49. The molecule has 0 saturated carbocycles. The zero-order valence-electron chi connectivity index (χ0n) is 14.7. The predicted octanol–water partition coefficient (Wildman–Crippen LogP) is 5.02. The fraction of sp³-hybridized carbons (Fsp3) is 0.316. The second kappa shape index (κ2) is 7.68. The molecule has 0 unspecified atom stereocenters. The van der Waals surface area contributed by atoms with E-state index in [0.717, 1.165) is 11.6 Å². The molecule has 1 heterocycles. The molecule has 0 atom stereocenters. The number of aryl methyl sites for hydroxylation is 1. The maximum Gasteiger partial charge on any atom is 0.418 e. The number of amides is 2. The first kappa shape index (κ1) is 19.4. The van der Waals surface area contributed by atoms with Gasteiger partial charge in [-0.15, -0.1) is 0 Å². The van der Waals surface area contributed by atoms with Crippen molar-refractivity contribution in [3.63, 3.8) is 0 Å². The van der Waals surface area contributed by atoms with Crippen LogP contribution in [0.1, 0.15) is 11.1 Å². The van der Waals surface area contributed by atoms with Gasteiger partial charge in [0.15, 0.2) is 0 Å². The van der Waals surface area contributed by atoms with Crippen LogP contribution in [0.25, 0.3) is 0 Å². The van der Waals surface area contributed by atoms with Gasteiger partial charge in [-0.3, -0.25) is 0 Å². The monoisotopic (exact) mass is 397 g/mol. The molecule has 2 aromatic carbocycles. The highest BCUT2D eigenvalue weighted by Crippen LogP contribution is 2.36. The summed E-state index contributed by atoms with van der Waals surface area (Å²) in [6.07, 6.45) is -4.41.